The van der Waals surface area contributed by atoms with Crippen LogP contribution in [0.2, 0.25) is 0 Å². The minimum absolute atomic E-state index is 0.520. The van der Waals surface area contributed by atoms with Crippen molar-refractivity contribution in [1.82, 2.24) is 14.5 Å². The number of aromatic nitrogens is 3. The smallest absolute Gasteiger partial charge is 0.201 e. The highest BCUT2D eigenvalue weighted by molar-refractivity contribution is 9.10. The fraction of sp³-hybridized carbons (Fsp3) is 0.0909. The third-order valence-corrected chi connectivity index (χ3v) is 3.67. The standard InChI is InChI=1S/C11H9BrN4S/c12-7-1-2-10-9(3-7)15-11(13)16(10)4-8-5-17-6-14-8/h1-3,5-6H,4H2,(H2,13,15). The molecule has 0 spiro atoms. The number of hydrogen-bond donors (Lipinski definition) is 1. The summed E-state index contributed by atoms with van der Waals surface area (Å²) in [6.45, 7) is 0.660. The Balaban J connectivity index is 2.12. The van der Waals surface area contributed by atoms with Crippen molar-refractivity contribution < 1.29 is 0 Å². The fourth-order valence-corrected chi connectivity index (χ4v) is 2.66. The Kier molecular flexibility index (Phi) is 2.60. The first-order chi connectivity index (χ1) is 8.24. The number of nitrogens with two attached hydrogens (primary N) is 1. The highest BCUT2D eigenvalue weighted by Crippen LogP contribution is 2.22. The summed E-state index contributed by atoms with van der Waals surface area (Å²) in [4.78, 5) is 8.60. The molecule has 0 aliphatic carbocycles. The van der Waals surface area contributed by atoms with Crippen LogP contribution in [-0.4, -0.2) is 14.5 Å². The van der Waals surface area contributed by atoms with Gasteiger partial charge in [-0.3, -0.25) is 0 Å². The van der Waals surface area contributed by atoms with Crippen molar-refractivity contribution in [2.75, 3.05) is 5.73 Å². The van der Waals surface area contributed by atoms with E-state index in [0.29, 0.717) is 12.5 Å². The second-order valence-corrected chi connectivity index (χ2v) is 5.30. The van der Waals surface area contributed by atoms with Crippen molar-refractivity contribution in [3.63, 3.8) is 0 Å². The van der Waals surface area contributed by atoms with E-state index in [1.807, 2.05) is 33.7 Å². The van der Waals surface area contributed by atoms with Crippen molar-refractivity contribution >= 4 is 44.2 Å². The summed E-state index contributed by atoms with van der Waals surface area (Å²) < 4.78 is 2.97. The summed E-state index contributed by atoms with van der Waals surface area (Å²) in [5, 5.41) is 2.02. The van der Waals surface area contributed by atoms with Gasteiger partial charge in [0.05, 0.1) is 28.8 Å². The Morgan fingerprint density at radius 2 is 2.29 bits per heavy atom. The van der Waals surface area contributed by atoms with Crippen LogP contribution >= 0.6 is 27.3 Å². The maximum absolute atomic E-state index is 5.93. The van der Waals surface area contributed by atoms with Crippen LogP contribution in [0.5, 0.6) is 0 Å². The van der Waals surface area contributed by atoms with E-state index < -0.39 is 0 Å². The summed E-state index contributed by atoms with van der Waals surface area (Å²) in [6.07, 6.45) is 0. The number of nitrogen functional groups attached to an aromatic ring is 1. The molecule has 0 aliphatic heterocycles. The SMILES string of the molecule is Nc1nc2cc(Br)ccc2n1Cc1cscn1. The van der Waals surface area contributed by atoms with Gasteiger partial charge < -0.3 is 10.3 Å². The van der Waals surface area contributed by atoms with Crippen LogP contribution in [0.3, 0.4) is 0 Å². The van der Waals surface area contributed by atoms with Crippen LogP contribution in [0.15, 0.2) is 33.6 Å². The molecule has 3 rings (SSSR count). The Hall–Kier alpha value is -1.40. The first kappa shape index (κ1) is 10.7. The third-order valence-electron chi connectivity index (χ3n) is 2.54. The Labute approximate surface area is 110 Å². The van der Waals surface area contributed by atoms with E-state index in [-0.39, 0.29) is 0 Å². The lowest BCUT2D eigenvalue weighted by Gasteiger charge is -2.03. The van der Waals surface area contributed by atoms with Crippen molar-refractivity contribution in [3.05, 3.63) is 39.3 Å². The number of thiazole rings is 1. The molecule has 86 valence electrons. The minimum Gasteiger partial charge on any atom is -0.369 e. The molecular weight excluding hydrogens is 300 g/mol. The summed E-state index contributed by atoms with van der Waals surface area (Å²) in [5.74, 6) is 0.520. The number of fused-ring (bicyclic) bond motifs is 1. The van der Waals surface area contributed by atoms with E-state index in [1.54, 1.807) is 11.3 Å². The van der Waals surface area contributed by atoms with Gasteiger partial charge in [-0.2, -0.15) is 0 Å². The van der Waals surface area contributed by atoms with Gasteiger partial charge in [-0.1, -0.05) is 15.9 Å². The zero-order valence-electron chi connectivity index (χ0n) is 8.80. The van der Waals surface area contributed by atoms with Crippen LogP contribution in [0.25, 0.3) is 11.0 Å². The molecule has 0 atom stereocenters. The number of rotatable bonds is 2. The molecule has 0 fully saturated rings. The van der Waals surface area contributed by atoms with Crippen LogP contribution in [0, 0.1) is 0 Å². The fourth-order valence-electron chi connectivity index (χ4n) is 1.77. The lowest BCUT2D eigenvalue weighted by atomic mass is 10.3. The van der Waals surface area contributed by atoms with Crippen molar-refractivity contribution in [1.29, 1.82) is 0 Å². The van der Waals surface area contributed by atoms with E-state index >= 15 is 0 Å². The second-order valence-electron chi connectivity index (χ2n) is 3.67. The highest BCUT2D eigenvalue weighted by atomic mass is 79.9. The lowest BCUT2D eigenvalue weighted by Crippen LogP contribution is -2.04. The monoisotopic (exact) mass is 308 g/mol. The Bertz CT molecular complexity index is 659. The average Bonchev–Trinajstić information content (AvgIpc) is 2.88. The number of halogens is 1. The summed E-state index contributed by atoms with van der Waals surface area (Å²) in [7, 11) is 0. The molecule has 2 heterocycles. The van der Waals surface area contributed by atoms with E-state index in [9.17, 15) is 0 Å². The molecule has 0 saturated carbocycles. The molecule has 0 saturated heterocycles. The molecule has 2 aromatic heterocycles. The van der Waals surface area contributed by atoms with E-state index in [1.165, 1.54) is 0 Å². The van der Waals surface area contributed by atoms with Crippen molar-refractivity contribution in [2.45, 2.75) is 6.54 Å². The van der Waals surface area contributed by atoms with Crippen molar-refractivity contribution in [3.8, 4) is 0 Å². The number of benzene rings is 1. The van der Waals surface area contributed by atoms with Gasteiger partial charge in [0.1, 0.15) is 0 Å². The van der Waals surface area contributed by atoms with Crippen LogP contribution in [0.1, 0.15) is 5.69 Å². The number of nitrogens with zero attached hydrogens (tertiary/aromatic N) is 3. The largest absolute Gasteiger partial charge is 0.369 e. The van der Waals surface area contributed by atoms with Gasteiger partial charge in [0.25, 0.3) is 0 Å². The van der Waals surface area contributed by atoms with Gasteiger partial charge in [0, 0.05) is 9.85 Å². The van der Waals surface area contributed by atoms with Gasteiger partial charge in [-0.05, 0) is 18.2 Å². The first-order valence-electron chi connectivity index (χ1n) is 5.02. The molecule has 17 heavy (non-hydrogen) atoms. The van der Waals surface area contributed by atoms with E-state index in [2.05, 4.69) is 25.9 Å². The molecule has 0 radical (unpaired) electrons. The topological polar surface area (TPSA) is 56.7 Å². The molecule has 3 aromatic rings. The summed E-state index contributed by atoms with van der Waals surface area (Å²) in [5.41, 5.74) is 10.7. The lowest BCUT2D eigenvalue weighted by molar-refractivity contribution is 0.816. The maximum atomic E-state index is 5.93. The zero-order valence-corrected chi connectivity index (χ0v) is 11.2. The van der Waals surface area contributed by atoms with Gasteiger partial charge in [-0.25, -0.2) is 9.97 Å². The average molecular weight is 309 g/mol. The van der Waals surface area contributed by atoms with Crippen LogP contribution < -0.4 is 5.73 Å². The van der Waals surface area contributed by atoms with Crippen molar-refractivity contribution in [2.24, 2.45) is 0 Å². The molecule has 2 N–H and O–H groups in total. The molecule has 0 unspecified atom stereocenters. The van der Waals surface area contributed by atoms with Gasteiger partial charge in [-0.15, -0.1) is 11.3 Å². The Morgan fingerprint density at radius 1 is 1.41 bits per heavy atom. The number of hydrogen-bond acceptors (Lipinski definition) is 4. The molecule has 0 amide bonds. The number of imidazole rings is 1. The molecule has 4 nitrogen and oxygen atoms in total. The van der Waals surface area contributed by atoms with Crippen LogP contribution in [-0.2, 0) is 6.54 Å². The third kappa shape index (κ3) is 1.94. The molecule has 0 bridgehead atoms. The normalized spacial score (nSPS) is 11.1. The quantitative estimate of drug-likeness (QED) is 0.792. The summed E-state index contributed by atoms with van der Waals surface area (Å²) >= 11 is 5.01. The predicted molar refractivity (Wildman–Crippen MR) is 73.1 cm³/mol. The Morgan fingerprint density at radius 3 is 3.06 bits per heavy atom. The van der Waals surface area contributed by atoms with Gasteiger partial charge >= 0.3 is 0 Å². The summed E-state index contributed by atoms with van der Waals surface area (Å²) in [6, 6.07) is 5.96. The van der Waals surface area contributed by atoms with Crippen LogP contribution in [0.4, 0.5) is 5.95 Å². The first-order valence-corrected chi connectivity index (χ1v) is 6.76. The molecule has 6 heteroatoms. The predicted octanol–water partition coefficient (Wildman–Crippen LogP) is 2.89. The zero-order chi connectivity index (χ0) is 11.8. The van der Waals surface area contributed by atoms with E-state index in [4.69, 9.17) is 5.73 Å². The molecule has 0 aliphatic rings. The second kappa shape index (κ2) is 4.12. The van der Waals surface area contributed by atoms with Gasteiger partial charge in [0.2, 0.25) is 5.95 Å². The van der Waals surface area contributed by atoms with Gasteiger partial charge in [0.15, 0.2) is 0 Å². The minimum atomic E-state index is 0.520. The molecular formula is C11H9BrN4S. The number of anilines is 1. The molecule has 1 aromatic carbocycles. The highest BCUT2D eigenvalue weighted by Gasteiger charge is 2.09. The maximum Gasteiger partial charge on any atom is 0.201 e. The van der Waals surface area contributed by atoms with E-state index in [0.717, 1.165) is 21.2 Å².